The highest BCUT2D eigenvalue weighted by molar-refractivity contribution is 5.99. The van der Waals surface area contributed by atoms with Gasteiger partial charge in [-0.1, -0.05) is 6.07 Å². The fraction of sp³-hybridized carbons (Fsp3) is 0.375. The van der Waals surface area contributed by atoms with Gasteiger partial charge in [0.2, 0.25) is 11.8 Å². The Hall–Kier alpha value is -2.88. The summed E-state index contributed by atoms with van der Waals surface area (Å²) in [4.78, 5) is 34.7. The van der Waals surface area contributed by atoms with Crippen LogP contribution in [0.3, 0.4) is 0 Å². The molecule has 0 radical (unpaired) electrons. The first kappa shape index (κ1) is 18.2. The Bertz CT molecular complexity index is 622. The number of nitrogens with zero attached hydrogens (tertiary/aromatic N) is 1. The Morgan fingerprint density at radius 2 is 2.04 bits per heavy atom. The van der Waals surface area contributed by atoms with Crippen LogP contribution >= 0.6 is 0 Å². The SMILES string of the molecule is CC(=O)Nc1cccc(C(=O)N[C@@H](CCCCC#N)C(N)=O)c1. The van der Waals surface area contributed by atoms with Gasteiger partial charge in [-0.05, 0) is 37.5 Å². The number of benzene rings is 1. The van der Waals surface area contributed by atoms with Gasteiger partial charge in [-0.2, -0.15) is 5.26 Å². The number of carbonyl (C=O) groups excluding carboxylic acids is 3. The third-order valence-corrected chi connectivity index (χ3v) is 3.13. The van der Waals surface area contributed by atoms with Crippen LogP contribution in [-0.4, -0.2) is 23.8 Å². The van der Waals surface area contributed by atoms with Crippen molar-refractivity contribution in [3.8, 4) is 6.07 Å². The maximum atomic E-state index is 12.2. The molecule has 0 aromatic heterocycles. The molecule has 0 aliphatic heterocycles. The first-order valence-corrected chi connectivity index (χ1v) is 7.29. The lowest BCUT2D eigenvalue weighted by atomic mass is 10.1. The molecule has 1 aromatic carbocycles. The Kier molecular flexibility index (Phi) is 7.27. The lowest BCUT2D eigenvalue weighted by molar-refractivity contribution is -0.120. The van der Waals surface area contributed by atoms with Gasteiger partial charge in [0.15, 0.2) is 0 Å². The fourth-order valence-corrected chi connectivity index (χ4v) is 2.02. The molecule has 1 aromatic rings. The molecule has 0 bridgehead atoms. The molecule has 0 fully saturated rings. The van der Waals surface area contributed by atoms with Crippen molar-refractivity contribution in [2.75, 3.05) is 5.32 Å². The Balaban J connectivity index is 2.69. The van der Waals surface area contributed by atoms with Crippen molar-refractivity contribution in [3.05, 3.63) is 29.8 Å². The van der Waals surface area contributed by atoms with Crippen molar-refractivity contribution in [3.63, 3.8) is 0 Å². The summed E-state index contributed by atoms with van der Waals surface area (Å²) >= 11 is 0. The van der Waals surface area contributed by atoms with Gasteiger partial charge in [-0.15, -0.1) is 0 Å². The van der Waals surface area contributed by atoms with Crippen LogP contribution in [0.25, 0.3) is 0 Å². The van der Waals surface area contributed by atoms with E-state index < -0.39 is 17.9 Å². The highest BCUT2D eigenvalue weighted by Gasteiger charge is 2.18. The number of rotatable bonds is 8. The summed E-state index contributed by atoms with van der Waals surface area (Å²) in [5.41, 5.74) is 6.11. The van der Waals surface area contributed by atoms with Crippen molar-refractivity contribution < 1.29 is 14.4 Å². The summed E-state index contributed by atoms with van der Waals surface area (Å²) < 4.78 is 0. The number of nitrogens with two attached hydrogens (primary N) is 1. The van der Waals surface area contributed by atoms with E-state index in [1.165, 1.54) is 13.0 Å². The smallest absolute Gasteiger partial charge is 0.252 e. The van der Waals surface area contributed by atoms with Crippen LogP contribution in [0.15, 0.2) is 24.3 Å². The largest absolute Gasteiger partial charge is 0.368 e. The quantitative estimate of drug-likeness (QED) is 0.625. The molecule has 0 aliphatic rings. The van der Waals surface area contributed by atoms with Crippen molar-refractivity contribution in [2.24, 2.45) is 5.73 Å². The normalized spacial score (nSPS) is 11.1. The van der Waals surface area contributed by atoms with E-state index in [9.17, 15) is 14.4 Å². The van der Waals surface area contributed by atoms with Gasteiger partial charge in [-0.25, -0.2) is 0 Å². The predicted molar refractivity (Wildman–Crippen MR) is 85.3 cm³/mol. The van der Waals surface area contributed by atoms with E-state index in [4.69, 9.17) is 11.0 Å². The molecule has 0 saturated heterocycles. The van der Waals surface area contributed by atoms with E-state index in [1.54, 1.807) is 18.2 Å². The second kappa shape index (κ2) is 9.20. The molecule has 7 nitrogen and oxygen atoms in total. The van der Waals surface area contributed by atoms with E-state index in [2.05, 4.69) is 10.6 Å². The Morgan fingerprint density at radius 3 is 2.65 bits per heavy atom. The van der Waals surface area contributed by atoms with Crippen LogP contribution in [0.2, 0.25) is 0 Å². The van der Waals surface area contributed by atoms with Crippen molar-refractivity contribution in [1.29, 1.82) is 5.26 Å². The predicted octanol–water partition coefficient (Wildman–Crippen LogP) is 1.31. The minimum absolute atomic E-state index is 0.241. The van der Waals surface area contributed by atoms with Crippen LogP contribution in [0.1, 0.15) is 43.0 Å². The fourth-order valence-electron chi connectivity index (χ4n) is 2.02. The third-order valence-electron chi connectivity index (χ3n) is 3.13. The molecule has 1 rings (SSSR count). The molecule has 23 heavy (non-hydrogen) atoms. The van der Waals surface area contributed by atoms with Crippen LogP contribution < -0.4 is 16.4 Å². The summed E-state index contributed by atoms with van der Waals surface area (Å²) in [6, 6.07) is 7.62. The number of amides is 3. The zero-order chi connectivity index (χ0) is 17.2. The van der Waals surface area contributed by atoms with Gasteiger partial charge in [0.1, 0.15) is 6.04 Å². The summed E-state index contributed by atoms with van der Waals surface area (Å²) in [7, 11) is 0. The van der Waals surface area contributed by atoms with Crippen molar-refractivity contribution in [1.82, 2.24) is 5.32 Å². The van der Waals surface area contributed by atoms with Crippen molar-refractivity contribution in [2.45, 2.75) is 38.6 Å². The number of carbonyl (C=O) groups is 3. The van der Waals surface area contributed by atoms with Gasteiger partial charge in [-0.3, -0.25) is 14.4 Å². The lowest BCUT2D eigenvalue weighted by Gasteiger charge is -2.15. The number of nitriles is 1. The summed E-state index contributed by atoms with van der Waals surface area (Å²) in [5, 5.41) is 13.6. The Labute approximate surface area is 134 Å². The highest BCUT2D eigenvalue weighted by atomic mass is 16.2. The van der Waals surface area contributed by atoms with Gasteiger partial charge in [0.05, 0.1) is 6.07 Å². The van der Waals surface area contributed by atoms with Crippen molar-refractivity contribution >= 4 is 23.4 Å². The molecule has 0 unspecified atom stereocenters. The molecular weight excluding hydrogens is 296 g/mol. The molecule has 1 atom stereocenters. The van der Waals surface area contributed by atoms with Crippen LogP contribution in [0.4, 0.5) is 5.69 Å². The molecule has 0 saturated carbocycles. The molecule has 7 heteroatoms. The second-order valence-electron chi connectivity index (χ2n) is 5.09. The Morgan fingerprint density at radius 1 is 1.30 bits per heavy atom. The highest BCUT2D eigenvalue weighted by Crippen LogP contribution is 2.11. The van der Waals surface area contributed by atoms with Gasteiger partial charge < -0.3 is 16.4 Å². The molecule has 3 amide bonds. The molecule has 0 heterocycles. The van der Waals surface area contributed by atoms with Gasteiger partial charge in [0, 0.05) is 24.6 Å². The topological polar surface area (TPSA) is 125 Å². The number of anilines is 1. The van der Waals surface area contributed by atoms with Gasteiger partial charge >= 0.3 is 0 Å². The second-order valence-corrected chi connectivity index (χ2v) is 5.09. The van der Waals surface area contributed by atoms with Gasteiger partial charge in [0.25, 0.3) is 5.91 Å². The zero-order valence-electron chi connectivity index (χ0n) is 13.0. The first-order chi connectivity index (χ1) is 10.9. The van der Waals surface area contributed by atoms with E-state index in [0.717, 1.165) is 0 Å². The molecule has 122 valence electrons. The average molecular weight is 316 g/mol. The summed E-state index contributed by atoms with van der Waals surface area (Å²) in [6.45, 7) is 1.37. The van der Waals surface area contributed by atoms with E-state index in [0.29, 0.717) is 36.9 Å². The molecule has 4 N–H and O–H groups in total. The van der Waals surface area contributed by atoms with Crippen LogP contribution in [-0.2, 0) is 9.59 Å². The zero-order valence-corrected chi connectivity index (χ0v) is 13.0. The summed E-state index contributed by atoms with van der Waals surface area (Å²) in [5.74, 6) is -1.30. The standard InChI is InChI=1S/C16H20N4O3/c1-11(21)19-13-7-5-6-12(10-13)16(23)20-14(15(18)22)8-3-2-4-9-17/h5-7,10,14H,2-4,8H2,1H3,(H2,18,22)(H,19,21)(H,20,23)/t14-/m0/s1. The van der Waals surface area contributed by atoms with E-state index in [-0.39, 0.29) is 5.91 Å². The van der Waals surface area contributed by atoms with E-state index in [1.807, 2.05) is 6.07 Å². The minimum Gasteiger partial charge on any atom is -0.368 e. The average Bonchev–Trinajstić information content (AvgIpc) is 2.49. The lowest BCUT2D eigenvalue weighted by Crippen LogP contribution is -2.44. The summed E-state index contributed by atoms with van der Waals surface area (Å²) in [6.07, 6.45) is 2.05. The number of nitrogens with one attached hydrogen (secondary N) is 2. The van der Waals surface area contributed by atoms with Crippen LogP contribution in [0.5, 0.6) is 0 Å². The minimum atomic E-state index is -0.786. The number of hydrogen-bond acceptors (Lipinski definition) is 4. The number of primary amides is 1. The van der Waals surface area contributed by atoms with E-state index >= 15 is 0 Å². The number of hydrogen-bond donors (Lipinski definition) is 3. The molecule has 0 aliphatic carbocycles. The van der Waals surface area contributed by atoms with Crippen LogP contribution in [0, 0.1) is 11.3 Å². The number of unbranched alkanes of at least 4 members (excludes halogenated alkanes) is 2. The third kappa shape index (κ3) is 6.61. The molecule has 0 spiro atoms. The maximum absolute atomic E-state index is 12.2. The molecular formula is C16H20N4O3. The first-order valence-electron chi connectivity index (χ1n) is 7.29. The monoisotopic (exact) mass is 316 g/mol. The maximum Gasteiger partial charge on any atom is 0.252 e.